The molecule has 31 heavy (non-hydrogen) atoms. The van der Waals surface area contributed by atoms with E-state index in [1.165, 1.54) is 0 Å². The van der Waals surface area contributed by atoms with E-state index in [1.807, 2.05) is 61.5 Å². The van der Waals surface area contributed by atoms with E-state index in [1.54, 1.807) is 0 Å². The molecular weight excluding hydrogens is 460 g/mol. The first-order chi connectivity index (χ1) is 14.8. The third kappa shape index (κ3) is 10.3. The summed E-state index contributed by atoms with van der Waals surface area (Å²) >= 11 is 3.39. The zero-order valence-electron chi connectivity index (χ0n) is 18.1. The molecule has 2 aromatic carbocycles. The minimum absolute atomic E-state index is 0.00319. The van der Waals surface area contributed by atoms with E-state index in [9.17, 15) is 20.4 Å². The summed E-state index contributed by atoms with van der Waals surface area (Å²) in [7, 11) is 0. The third-order valence-corrected chi connectivity index (χ3v) is 6.03. The normalized spacial score (nSPS) is 16.5. The van der Waals surface area contributed by atoms with Crippen molar-refractivity contribution in [3.8, 4) is 0 Å². The fourth-order valence-corrected chi connectivity index (χ4v) is 3.77. The van der Waals surface area contributed by atoms with E-state index in [0.29, 0.717) is 32.3 Å². The Kier molecular flexibility index (Phi) is 11.7. The van der Waals surface area contributed by atoms with Gasteiger partial charge in [0.1, 0.15) is 0 Å². The van der Waals surface area contributed by atoms with Crippen LogP contribution in [0, 0.1) is 5.92 Å². The number of benzene rings is 2. The lowest BCUT2D eigenvalue weighted by Crippen LogP contribution is -2.22. The number of hydrogen-bond acceptors (Lipinski definition) is 5. The van der Waals surface area contributed by atoms with E-state index in [-0.39, 0.29) is 18.9 Å². The van der Waals surface area contributed by atoms with E-state index in [2.05, 4.69) is 15.9 Å². The Morgan fingerprint density at radius 1 is 0.774 bits per heavy atom. The highest BCUT2D eigenvalue weighted by Crippen LogP contribution is 2.27. The Morgan fingerprint density at radius 3 is 2.00 bits per heavy atom. The summed E-state index contributed by atoms with van der Waals surface area (Å²) in [5, 5.41) is 41.0. The van der Waals surface area contributed by atoms with Gasteiger partial charge in [0.05, 0.1) is 37.6 Å². The van der Waals surface area contributed by atoms with E-state index < -0.39 is 24.4 Å². The van der Waals surface area contributed by atoms with Crippen molar-refractivity contribution in [3.63, 3.8) is 0 Å². The first-order valence-corrected chi connectivity index (χ1v) is 11.7. The summed E-state index contributed by atoms with van der Waals surface area (Å²) in [5.74, 6) is -0.00319. The SMILES string of the molecule is C[C@H](CC[C@@H](O)C[C@H](O)CC[C@H](O)COCc1ccccc1)[C@H](O)c1ccc(Br)cc1. The average Bonchev–Trinajstić information content (AvgIpc) is 2.77. The summed E-state index contributed by atoms with van der Waals surface area (Å²) < 4.78 is 6.48. The highest BCUT2D eigenvalue weighted by atomic mass is 79.9. The zero-order chi connectivity index (χ0) is 22.6. The Hall–Kier alpha value is -1.28. The summed E-state index contributed by atoms with van der Waals surface area (Å²) in [4.78, 5) is 0. The first kappa shape index (κ1) is 26.0. The van der Waals surface area contributed by atoms with Gasteiger partial charge in [-0.3, -0.25) is 0 Å². The molecule has 0 fully saturated rings. The lowest BCUT2D eigenvalue weighted by Gasteiger charge is -2.22. The Labute approximate surface area is 193 Å². The van der Waals surface area contributed by atoms with Crippen molar-refractivity contribution in [3.05, 3.63) is 70.2 Å². The molecule has 6 heteroatoms. The standard InChI is InChI=1S/C25H35BrO5/c1-18(25(30)20-8-10-21(26)11-9-20)7-12-22(27)15-23(28)13-14-24(29)17-31-16-19-5-3-2-4-6-19/h2-6,8-11,18,22-25,27-30H,7,12-17H2,1H3/t18-,22-,23-,24+,25+/m1/s1. The number of aliphatic hydroxyl groups is 4. The molecule has 0 aromatic heterocycles. The van der Waals surface area contributed by atoms with Gasteiger partial charge < -0.3 is 25.2 Å². The van der Waals surface area contributed by atoms with Crippen molar-refractivity contribution in [1.29, 1.82) is 0 Å². The van der Waals surface area contributed by atoms with Crippen LogP contribution in [-0.2, 0) is 11.3 Å². The van der Waals surface area contributed by atoms with Crippen LogP contribution in [0.3, 0.4) is 0 Å². The van der Waals surface area contributed by atoms with Crippen LogP contribution in [0.15, 0.2) is 59.1 Å². The second kappa shape index (κ2) is 14.0. The molecule has 0 unspecified atom stereocenters. The second-order valence-electron chi connectivity index (χ2n) is 8.33. The molecule has 0 saturated heterocycles. The number of ether oxygens (including phenoxy) is 1. The van der Waals surface area contributed by atoms with Gasteiger partial charge in [0.25, 0.3) is 0 Å². The molecule has 0 amide bonds. The van der Waals surface area contributed by atoms with E-state index >= 15 is 0 Å². The molecule has 4 N–H and O–H groups in total. The van der Waals surface area contributed by atoms with Crippen molar-refractivity contribution < 1.29 is 25.2 Å². The summed E-state index contributed by atoms with van der Waals surface area (Å²) in [5.41, 5.74) is 1.91. The molecule has 5 atom stereocenters. The van der Waals surface area contributed by atoms with Crippen molar-refractivity contribution in [2.45, 2.75) is 70.1 Å². The number of hydrogen-bond donors (Lipinski definition) is 4. The van der Waals surface area contributed by atoms with Crippen LogP contribution in [0.5, 0.6) is 0 Å². The first-order valence-electron chi connectivity index (χ1n) is 10.9. The van der Waals surface area contributed by atoms with Gasteiger partial charge >= 0.3 is 0 Å². The van der Waals surface area contributed by atoms with Crippen LogP contribution in [0.4, 0.5) is 0 Å². The molecule has 0 spiro atoms. The summed E-state index contributed by atoms with van der Waals surface area (Å²) in [6.07, 6.45) is -0.293. The Bertz CT molecular complexity index is 724. The molecule has 0 bridgehead atoms. The van der Waals surface area contributed by atoms with Gasteiger partial charge in [0, 0.05) is 4.47 Å². The van der Waals surface area contributed by atoms with Gasteiger partial charge in [-0.15, -0.1) is 0 Å². The minimum atomic E-state index is -0.675. The quantitative estimate of drug-likeness (QED) is 0.313. The molecule has 172 valence electrons. The van der Waals surface area contributed by atoms with Crippen molar-refractivity contribution in [2.75, 3.05) is 6.61 Å². The smallest absolute Gasteiger partial charge is 0.0815 e. The third-order valence-electron chi connectivity index (χ3n) is 5.50. The molecular formula is C25H35BrO5. The molecule has 0 aliphatic carbocycles. The van der Waals surface area contributed by atoms with Crippen molar-refractivity contribution in [2.24, 2.45) is 5.92 Å². The van der Waals surface area contributed by atoms with Gasteiger partial charge in [-0.25, -0.2) is 0 Å². The van der Waals surface area contributed by atoms with Crippen LogP contribution in [-0.4, -0.2) is 45.3 Å². The minimum Gasteiger partial charge on any atom is -0.393 e. The molecule has 2 rings (SSSR count). The Morgan fingerprint density at radius 2 is 1.35 bits per heavy atom. The topological polar surface area (TPSA) is 90.2 Å². The molecule has 0 radical (unpaired) electrons. The van der Waals surface area contributed by atoms with Crippen molar-refractivity contribution in [1.82, 2.24) is 0 Å². The summed E-state index contributed by atoms with van der Waals surface area (Å²) in [6, 6.07) is 17.3. The van der Waals surface area contributed by atoms with Crippen molar-refractivity contribution >= 4 is 15.9 Å². The fourth-order valence-electron chi connectivity index (χ4n) is 3.51. The number of halogens is 1. The van der Waals surface area contributed by atoms with Gasteiger partial charge in [-0.1, -0.05) is 65.3 Å². The summed E-state index contributed by atoms with van der Waals surface area (Å²) in [6.45, 7) is 2.63. The second-order valence-corrected chi connectivity index (χ2v) is 9.24. The van der Waals surface area contributed by atoms with Gasteiger partial charge in [0.15, 0.2) is 0 Å². The predicted molar refractivity (Wildman–Crippen MR) is 125 cm³/mol. The fraction of sp³-hybridized carbons (Fsp3) is 0.520. The van der Waals surface area contributed by atoms with E-state index in [0.717, 1.165) is 15.6 Å². The number of rotatable bonds is 14. The molecule has 2 aromatic rings. The molecule has 0 saturated carbocycles. The van der Waals surface area contributed by atoms with Crippen LogP contribution in [0.25, 0.3) is 0 Å². The maximum absolute atomic E-state index is 10.5. The van der Waals surface area contributed by atoms with Crippen LogP contribution in [0.1, 0.15) is 56.3 Å². The van der Waals surface area contributed by atoms with Gasteiger partial charge in [-0.2, -0.15) is 0 Å². The monoisotopic (exact) mass is 494 g/mol. The Balaban J connectivity index is 1.59. The number of aliphatic hydroxyl groups excluding tert-OH is 4. The van der Waals surface area contributed by atoms with Crippen LogP contribution >= 0.6 is 15.9 Å². The lowest BCUT2D eigenvalue weighted by atomic mass is 9.91. The zero-order valence-corrected chi connectivity index (χ0v) is 19.7. The molecule has 5 nitrogen and oxygen atoms in total. The maximum atomic E-state index is 10.5. The highest BCUT2D eigenvalue weighted by Gasteiger charge is 2.19. The lowest BCUT2D eigenvalue weighted by molar-refractivity contribution is 0.0100. The molecule has 0 aliphatic heterocycles. The van der Waals surface area contributed by atoms with Crippen LogP contribution < -0.4 is 0 Å². The molecule has 0 aliphatic rings. The average molecular weight is 495 g/mol. The largest absolute Gasteiger partial charge is 0.393 e. The predicted octanol–water partition coefficient (Wildman–Crippen LogP) is 4.37. The maximum Gasteiger partial charge on any atom is 0.0815 e. The van der Waals surface area contributed by atoms with Gasteiger partial charge in [-0.05, 0) is 61.3 Å². The van der Waals surface area contributed by atoms with Gasteiger partial charge in [0.2, 0.25) is 0 Å². The highest BCUT2D eigenvalue weighted by molar-refractivity contribution is 9.10. The molecule has 0 heterocycles. The van der Waals surface area contributed by atoms with Crippen LogP contribution in [0.2, 0.25) is 0 Å². The van der Waals surface area contributed by atoms with E-state index in [4.69, 9.17) is 4.74 Å².